The van der Waals surface area contributed by atoms with Crippen molar-refractivity contribution >= 4 is 45.5 Å². The number of hydrogen-bond acceptors (Lipinski definition) is 14. The number of nitrogens with zero attached hydrogens (tertiary/aromatic N) is 8. The normalized spacial score (nSPS) is 10.5. The molecular weight excluding hydrogens is 695 g/mol. The van der Waals surface area contributed by atoms with E-state index in [1.807, 2.05) is 27.7 Å². The molecule has 16 nitrogen and oxygen atoms in total. The fourth-order valence-corrected chi connectivity index (χ4v) is 4.39. The Morgan fingerprint density at radius 3 is 1.12 bits per heavy atom. The first-order chi connectivity index (χ1) is 22.9. The molecule has 0 unspecified atom stereocenters. The number of azo groups is 2. The van der Waals surface area contributed by atoms with Crippen molar-refractivity contribution in [2.75, 3.05) is 36.0 Å². The van der Waals surface area contributed by atoms with Gasteiger partial charge >= 0.3 is 0 Å². The zero-order chi connectivity index (χ0) is 35.4. The molecule has 0 aliphatic carbocycles. The van der Waals surface area contributed by atoms with Crippen LogP contribution in [0.5, 0.6) is 23.0 Å². The molecule has 269 valence electrons. The van der Waals surface area contributed by atoms with E-state index in [4.69, 9.17) is 0 Å². The molecular formula is C33H40CoN8O8. The van der Waals surface area contributed by atoms with Crippen LogP contribution >= 0.6 is 0 Å². The Morgan fingerprint density at radius 1 is 0.520 bits per heavy atom. The minimum Gasteiger partial charge on any atom is -0.506 e. The first-order valence-electron chi connectivity index (χ1n) is 14.9. The first-order valence-corrected chi connectivity index (χ1v) is 14.9. The molecule has 0 aliphatic heterocycles. The van der Waals surface area contributed by atoms with Gasteiger partial charge < -0.3 is 30.2 Å². The second kappa shape index (κ2) is 19.9. The molecule has 4 aromatic carbocycles. The number of non-ortho nitro benzene ring substituents is 2. The fraction of sp³-hybridized carbons (Fsp3) is 0.273. The average Bonchev–Trinajstić information content (AvgIpc) is 3.06. The van der Waals surface area contributed by atoms with E-state index >= 15 is 0 Å². The molecule has 0 aromatic heterocycles. The summed E-state index contributed by atoms with van der Waals surface area (Å²) in [6.45, 7) is 11.3. The van der Waals surface area contributed by atoms with Crippen LogP contribution in [-0.2, 0) is 16.8 Å². The monoisotopic (exact) mass is 735 g/mol. The average molecular weight is 736 g/mol. The van der Waals surface area contributed by atoms with Gasteiger partial charge in [-0.15, -0.1) is 20.5 Å². The van der Waals surface area contributed by atoms with Gasteiger partial charge in [-0.25, -0.2) is 0 Å². The molecule has 50 heavy (non-hydrogen) atoms. The Kier molecular flexibility index (Phi) is 16.8. The molecule has 0 atom stereocenters. The van der Waals surface area contributed by atoms with Gasteiger partial charge in [0.15, 0.2) is 0 Å². The van der Waals surface area contributed by atoms with Crippen molar-refractivity contribution < 1.29 is 47.1 Å². The predicted octanol–water partition coefficient (Wildman–Crippen LogP) is 9.17. The van der Waals surface area contributed by atoms with Crippen molar-refractivity contribution in [2.45, 2.75) is 35.1 Å². The Bertz CT molecular complexity index is 1680. The van der Waals surface area contributed by atoms with Gasteiger partial charge in [-0.1, -0.05) is 7.43 Å². The summed E-state index contributed by atoms with van der Waals surface area (Å²) in [4.78, 5) is 24.5. The maximum atomic E-state index is 10.8. The Hall–Kier alpha value is -5.81. The third-order valence-corrected chi connectivity index (χ3v) is 7.05. The molecule has 17 heteroatoms. The summed E-state index contributed by atoms with van der Waals surface area (Å²) in [5.41, 5.74) is 1.62. The van der Waals surface area contributed by atoms with Gasteiger partial charge in [0.05, 0.1) is 9.85 Å². The topological polar surface area (TPSA) is 223 Å². The third-order valence-electron chi connectivity index (χ3n) is 7.05. The predicted molar refractivity (Wildman–Crippen MR) is 188 cm³/mol. The molecule has 0 aliphatic rings. The van der Waals surface area contributed by atoms with E-state index in [0.29, 0.717) is 0 Å². The number of aromatic hydroxyl groups is 4. The van der Waals surface area contributed by atoms with E-state index in [1.54, 1.807) is 36.4 Å². The summed E-state index contributed by atoms with van der Waals surface area (Å²) < 4.78 is 0. The molecule has 4 aromatic rings. The summed E-state index contributed by atoms with van der Waals surface area (Å²) in [5.74, 6) is -0.589. The second-order valence-electron chi connectivity index (χ2n) is 9.95. The Balaban J connectivity index is 0.000000481. The molecule has 4 rings (SSSR count). The van der Waals surface area contributed by atoms with Crippen molar-refractivity contribution in [3.05, 3.63) is 93.0 Å². The van der Waals surface area contributed by atoms with Crippen LogP contribution < -0.4 is 9.80 Å². The van der Waals surface area contributed by atoms with Crippen LogP contribution in [0.1, 0.15) is 35.1 Å². The van der Waals surface area contributed by atoms with Crippen LogP contribution in [0.25, 0.3) is 0 Å². The van der Waals surface area contributed by atoms with Gasteiger partial charge in [0.2, 0.25) is 0 Å². The van der Waals surface area contributed by atoms with E-state index in [0.717, 1.165) is 49.7 Å². The van der Waals surface area contributed by atoms with Gasteiger partial charge in [0.1, 0.15) is 45.7 Å². The molecule has 0 heterocycles. The minimum absolute atomic E-state index is 0. The first kappa shape index (κ1) is 42.2. The molecule has 0 saturated heterocycles. The van der Waals surface area contributed by atoms with Crippen LogP contribution in [0.3, 0.4) is 0 Å². The molecule has 0 fully saturated rings. The van der Waals surface area contributed by atoms with E-state index < -0.39 is 9.85 Å². The van der Waals surface area contributed by atoms with Gasteiger partial charge in [0, 0.05) is 90.7 Å². The maximum Gasteiger partial charge on any atom is 0.271 e. The van der Waals surface area contributed by atoms with E-state index in [2.05, 4.69) is 30.3 Å². The fourth-order valence-electron chi connectivity index (χ4n) is 4.39. The molecule has 0 saturated carbocycles. The van der Waals surface area contributed by atoms with Crippen molar-refractivity contribution in [3.63, 3.8) is 0 Å². The number of phenols is 4. The SMILES string of the molecule is C.CCN(CC)c1ccc(N=Nc2cc([N+](=O)[O-])ccc2O)c(O)c1.CCN(CC)c1ccc(N=Nc2cc([N+](=O)[O-])ccc2O)c(O)c1.[Co]. The zero-order valence-electron chi connectivity index (χ0n) is 27.1. The van der Waals surface area contributed by atoms with Crippen LogP contribution in [0.2, 0.25) is 0 Å². The van der Waals surface area contributed by atoms with Crippen molar-refractivity contribution in [1.29, 1.82) is 0 Å². The van der Waals surface area contributed by atoms with E-state index in [9.17, 15) is 40.7 Å². The molecule has 1 radical (unpaired) electrons. The van der Waals surface area contributed by atoms with E-state index in [1.165, 1.54) is 24.3 Å². The van der Waals surface area contributed by atoms with Gasteiger partial charge in [-0.2, -0.15) is 0 Å². The number of benzene rings is 4. The zero-order valence-corrected chi connectivity index (χ0v) is 28.1. The van der Waals surface area contributed by atoms with Crippen LogP contribution in [-0.4, -0.2) is 56.5 Å². The summed E-state index contributed by atoms with van der Waals surface area (Å²) in [7, 11) is 0. The van der Waals surface area contributed by atoms with Crippen molar-refractivity contribution in [3.8, 4) is 23.0 Å². The standard InChI is InChI=1S/2C16H18N4O4.CH4.Co/c2*1-3-19(4-2)11-5-7-13(16(22)10-11)17-18-14-9-12(20(23)24)6-8-15(14)21;;/h2*5-10,21-22H,3-4H2,1-2H3;1H4;. The van der Waals surface area contributed by atoms with Gasteiger partial charge in [0.25, 0.3) is 11.4 Å². The third kappa shape index (κ3) is 11.1. The number of rotatable bonds is 12. The number of nitro groups is 2. The summed E-state index contributed by atoms with van der Waals surface area (Å²) in [6, 6.07) is 16.9. The minimum atomic E-state index is -0.588. The maximum absolute atomic E-state index is 10.8. The summed E-state index contributed by atoms with van der Waals surface area (Å²) in [5, 5.41) is 76.4. The molecule has 0 spiro atoms. The van der Waals surface area contributed by atoms with E-state index in [-0.39, 0.29) is 81.3 Å². The molecule has 4 N–H and O–H groups in total. The summed E-state index contributed by atoms with van der Waals surface area (Å²) in [6.07, 6.45) is 0. The van der Waals surface area contributed by atoms with Gasteiger partial charge in [-0.3, -0.25) is 20.2 Å². The second-order valence-corrected chi connectivity index (χ2v) is 9.95. The van der Waals surface area contributed by atoms with Crippen LogP contribution in [0, 0.1) is 20.2 Å². The van der Waals surface area contributed by atoms with Crippen molar-refractivity contribution in [1.82, 2.24) is 0 Å². The van der Waals surface area contributed by atoms with Crippen LogP contribution in [0.15, 0.2) is 93.3 Å². The smallest absolute Gasteiger partial charge is 0.271 e. The number of hydrogen-bond donors (Lipinski definition) is 4. The Morgan fingerprint density at radius 2 is 0.840 bits per heavy atom. The number of phenolic OH excluding ortho intramolecular Hbond substituents is 4. The summed E-state index contributed by atoms with van der Waals surface area (Å²) >= 11 is 0. The molecule has 0 bridgehead atoms. The largest absolute Gasteiger partial charge is 0.506 e. The quantitative estimate of drug-likeness (QED) is 0.0613. The molecule has 0 amide bonds. The van der Waals surface area contributed by atoms with Crippen LogP contribution in [0.4, 0.5) is 45.5 Å². The van der Waals surface area contributed by atoms with Gasteiger partial charge in [-0.05, 0) is 64.1 Å². The van der Waals surface area contributed by atoms with Crippen molar-refractivity contribution in [2.24, 2.45) is 20.5 Å². The number of nitro benzene ring substituents is 2. The number of anilines is 2. The Labute approximate surface area is 299 Å².